The lowest BCUT2D eigenvalue weighted by molar-refractivity contribution is -0.0209. The van der Waals surface area contributed by atoms with Crippen LogP contribution in [0, 0.1) is 0 Å². The highest BCUT2D eigenvalue weighted by Gasteiger charge is 2.48. The fraction of sp³-hybridized carbons (Fsp3) is 0.632. The Kier molecular flexibility index (Phi) is 6.61. The number of benzene rings is 1. The largest absolute Gasteiger partial charge is 0.394 e. The zero-order chi connectivity index (χ0) is 18.5. The summed E-state index contributed by atoms with van der Waals surface area (Å²) >= 11 is 0. The van der Waals surface area contributed by atoms with E-state index < -0.39 is 12.2 Å². The van der Waals surface area contributed by atoms with Gasteiger partial charge in [0.05, 0.1) is 25.4 Å². The molecule has 5 atom stereocenters. The maximum absolute atomic E-state index is 12.3. The summed E-state index contributed by atoms with van der Waals surface area (Å²) in [5, 5.41) is 23.1. The second-order valence-corrected chi connectivity index (χ2v) is 6.94. The van der Waals surface area contributed by atoms with Gasteiger partial charge in [-0.05, 0) is 31.5 Å². The summed E-state index contributed by atoms with van der Waals surface area (Å²) in [4.78, 5) is 14.5. The van der Waals surface area contributed by atoms with Gasteiger partial charge in [0.1, 0.15) is 12.2 Å². The van der Waals surface area contributed by atoms with Crippen molar-refractivity contribution in [3.05, 3.63) is 35.9 Å². The quantitative estimate of drug-likeness (QED) is 0.632. The van der Waals surface area contributed by atoms with Crippen LogP contribution in [0.3, 0.4) is 0 Å². The van der Waals surface area contributed by atoms with Crippen molar-refractivity contribution in [3.8, 4) is 0 Å². The van der Waals surface area contributed by atoms with Crippen molar-refractivity contribution in [2.45, 2.75) is 43.2 Å². The first kappa shape index (κ1) is 19.3. The van der Waals surface area contributed by atoms with Crippen molar-refractivity contribution >= 4 is 5.91 Å². The molecule has 1 amide bonds. The van der Waals surface area contributed by atoms with E-state index in [4.69, 9.17) is 9.47 Å². The predicted octanol–water partition coefficient (Wildman–Crippen LogP) is 0.0164. The van der Waals surface area contributed by atoms with E-state index in [1.54, 1.807) is 19.2 Å². The first-order valence-corrected chi connectivity index (χ1v) is 9.18. The Morgan fingerprint density at radius 2 is 2.12 bits per heavy atom. The number of carbonyl (C=O) groups is 1. The standard InChI is InChI=1S/C19H28N2O5/c1-25-12-14-8-5-9-21(14)17-15(26-16(11-22)18(17)23)10-20-19(24)13-6-3-2-4-7-13/h2-4,6-7,14-18,22-23H,5,8-12H2,1H3,(H,20,24)/t14-,15-,16+,17+,18-/m1/s1. The van der Waals surface area contributed by atoms with Crippen molar-refractivity contribution in [2.75, 3.05) is 33.4 Å². The van der Waals surface area contributed by atoms with Gasteiger partial charge < -0.3 is 25.0 Å². The first-order valence-electron chi connectivity index (χ1n) is 9.18. The zero-order valence-electron chi connectivity index (χ0n) is 15.1. The highest BCUT2D eigenvalue weighted by molar-refractivity contribution is 5.94. The third kappa shape index (κ3) is 4.07. The Labute approximate surface area is 153 Å². The summed E-state index contributed by atoms with van der Waals surface area (Å²) in [6.07, 6.45) is 0.222. The predicted molar refractivity (Wildman–Crippen MR) is 95.9 cm³/mol. The molecule has 0 aromatic heterocycles. The van der Waals surface area contributed by atoms with Gasteiger partial charge in [0.2, 0.25) is 0 Å². The minimum Gasteiger partial charge on any atom is -0.394 e. The van der Waals surface area contributed by atoms with Crippen LogP contribution in [-0.4, -0.2) is 84.8 Å². The van der Waals surface area contributed by atoms with Crippen molar-refractivity contribution < 1.29 is 24.5 Å². The number of nitrogens with one attached hydrogen (secondary N) is 1. The van der Waals surface area contributed by atoms with Gasteiger partial charge in [-0.25, -0.2) is 0 Å². The molecule has 0 saturated carbocycles. The second-order valence-electron chi connectivity index (χ2n) is 6.94. The van der Waals surface area contributed by atoms with Crippen LogP contribution in [0.5, 0.6) is 0 Å². The third-order valence-corrected chi connectivity index (χ3v) is 5.31. The topological polar surface area (TPSA) is 91.3 Å². The molecule has 7 heteroatoms. The highest BCUT2D eigenvalue weighted by atomic mass is 16.5. The molecule has 2 fully saturated rings. The minimum atomic E-state index is -0.795. The van der Waals surface area contributed by atoms with Crippen LogP contribution in [0.2, 0.25) is 0 Å². The van der Waals surface area contributed by atoms with Crippen LogP contribution in [0.25, 0.3) is 0 Å². The van der Waals surface area contributed by atoms with Gasteiger partial charge in [0.25, 0.3) is 5.91 Å². The molecular weight excluding hydrogens is 336 g/mol. The molecule has 0 spiro atoms. The molecule has 0 unspecified atom stereocenters. The van der Waals surface area contributed by atoms with Gasteiger partial charge in [-0.2, -0.15) is 0 Å². The molecule has 144 valence electrons. The van der Waals surface area contributed by atoms with E-state index in [9.17, 15) is 15.0 Å². The molecule has 7 nitrogen and oxygen atoms in total. The van der Waals surface area contributed by atoms with Gasteiger partial charge in [-0.3, -0.25) is 9.69 Å². The molecule has 0 aliphatic carbocycles. The SMILES string of the molecule is COC[C@H]1CCCN1[C@@H]1[C@H](O)[C@H](CO)O[C@@H]1CNC(=O)c1ccccc1. The molecule has 0 radical (unpaired) electrons. The molecule has 0 bridgehead atoms. The molecule has 2 aliphatic rings. The van der Waals surface area contributed by atoms with Crippen LogP contribution in [0.15, 0.2) is 30.3 Å². The Morgan fingerprint density at radius 1 is 1.35 bits per heavy atom. The average Bonchev–Trinajstić information content (AvgIpc) is 3.24. The molecule has 3 N–H and O–H groups in total. The number of nitrogens with zero attached hydrogens (tertiary/aromatic N) is 1. The lowest BCUT2D eigenvalue weighted by Crippen LogP contribution is -2.53. The van der Waals surface area contributed by atoms with E-state index in [1.165, 1.54) is 0 Å². The molecule has 26 heavy (non-hydrogen) atoms. The number of likely N-dealkylation sites (tertiary alicyclic amines) is 1. The Bertz CT molecular complexity index is 585. The number of hydrogen-bond donors (Lipinski definition) is 3. The van der Waals surface area contributed by atoms with Gasteiger partial charge in [-0.1, -0.05) is 18.2 Å². The molecular formula is C19H28N2O5. The number of methoxy groups -OCH3 is 1. The van der Waals surface area contributed by atoms with Crippen molar-refractivity contribution in [2.24, 2.45) is 0 Å². The van der Waals surface area contributed by atoms with Crippen molar-refractivity contribution in [1.82, 2.24) is 10.2 Å². The van der Waals surface area contributed by atoms with Gasteiger partial charge >= 0.3 is 0 Å². The number of aliphatic hydroxyl groups excluding tert-OH is 2. The monoisotopic (exact) mass is 364 g/mol. The molecule has 2 saturated heterocycles. The van der Waals surface area contributed by atoms with Crippen LogP contribution >= 0.6 is 0 Å². The smallest absolute Gasteiger partial charge is 0.251 e. The maximum atomic E-state index is 12.3. The Morgan fingerprint density at radius 3 is 2.81 bits per heavy atom. The number of hydrogen-bond acceptors (Lipinski definition) is 6. The normalized spacial score (nSPS) is 32.0. The number of aliphatic hydroxyl groups is 2. The second kappa shape index (κ2) is 8.92. The first-order chi connectivity index (χ1) is 12.7. The molecule has 3 rings (SSSR count). The Balaban J connectivity index is 1.68. The van der Waals surface area contributed by atoms with E-state index in [0.29, 0.717) is 12.2 Å². The molecule has 1 aromatic rings. The summed E-state index contributed by atoms with van der Waals surface area (Å²) in [7, 11) is 1.67. The fourth-order valence-corrected chi connectivity index (χ4v) is 4.06. The zero-order valence-corrected chi connectivity index (χ0v) is 15.1. The molecule has 2 heterocycles. The molecule has 2 aliphatic heterocycles. The fourth-order valence-electron chi connectivity index (χ4n) is 4.06. The van der Waals surface area contributed by atoms with E-state index in [0.717, 1.165) is 19.4 Å². The van der Waals surface area contributed by atoms with Crippen molar-refractivity contribution in [1.29, 1.82) is 0 Å². The van der Waals surface area contributed by atoms with Crippen LogP contribution in [-0.2, 0) is 9.47 Å². The highest BCUT2D eigenvalue weighted by Crippen LogP contribution is 2.31. The summed E-state index contributed by atoms with van der Waals surface area (Å²) in [5.41, 5.74) is 0.583. The van der Waals surface area contributed by atoms with E-state index in [1.807, 2.05) is 18.2 Å². The lowest BCUT2D eigenvalue weighted by atomic mass is 10.0. The number of ether oxygens (including phenoxy) is 2. The van der Waals surface area contributed by atoms with Gasteiger partial charge in [0.15, 0.2) is 0 Å². The number of rotatable bonds is 7. The van der Waals surface area contributed by atoms with E-state index in [-0.39, 0.29) is 37.2 Å². The van der Waals surface area contributed by atoms with E-state index >= 15 is 0 Å². The van der Waals surface area contributed by atoms with E-state index in [2.05, 4.69) is 10.2 Å². The summed E-state index contributed by atoms with van der Waals surface area (Å²) in [6.45, 7) is 1.47. The maximum Gasteiger partial charge on any atom is 0.251 e. The van der Waals surface area contributed by atoms with Crippen molar-refractivity contribution in [3.63, 3.8) is 0 Å². The van der Waals surface area contributed by atoms with Crippen LogP contribution in [0.1, 0.15) is 23.2 Å². The summed E-state index contributed by atoms with van der Waals surface area (Å²) < 4.78 is 11.2. The number of amides is 1. The summed E-state index contributed by atoms with van der Waals surface area (Å²) in [6, 6.07) is 8.94. The van der Waals surface area contributed by atoms with Crippen LogP contribution < -0.4 is 5.32 Å². The lowest BCUT2D eigenvalue weighted by Gasteiger charge is -2.34. The third-order valence-electron chi connectivity index (χ3n) is 5.31. The summed E-state index contributed by atoms with van der Waals surface area (Å²) in [5.74, 6) is -0.176. The van der Waals surface area contributed by atoms with Gasteiger partial charge in [0, 0.05) is 25.3 Å². The number of carbonyl (C=O) groups excluding carboxylic acids is 1. The average molecular weight is 364 g/mol. The Hall–Kier alpha value is -1.51. The minimum absolute atomic E-state index is 0.176. The molecule has 1 aromatic carbocycles. The van der Waals surface area contributed by atoms with Gasteiger partial charge in [-0.15, -0.1) is 0 Å². The van der Waals surface area contributed by atoms with Crippen LogP contribution in [0.4, 0.5) is 0 Å².